The molecule has 3 rings (SSSR count). The molecule has 0 radical (unpaired) electrons. The second-order valence-electron chi connectivity index (χ2n) is 6.71. The van der Waals surface area contributed by atoms with Crippen LogP contribution in [0, 0.1) is 17.8 Å². The lowest BCUT2D eigenvalue weighted by molar-refractivity contribution is -0.126. The molecule has 4 atom stereocenters. The summed E-state index contributed by atoms with van der Waals surface area (Å²) in [6, 6.07) is 9.61. The Morgan fingerprint density at radius 3 is 2.65 bits per heavy atom. The molecule has 1 aromatic carbocycles. The third-order valence-corrected chi connectivity index (χ3v) is 5.25. The summed E-state index contributed by atoms with van der Waals surface area (Å²) in [5.41, 5.74) is 6.15. The summed E-state index contributed by atoms with van der Waals surface area (Å²) in [5, 5.41) is 3.08. The van der Waals surface area contributed by atoms with Crippen molar-refractivity contribution in [3.05, 3.63) is 35.9 Å². The Morgan fingerprint density at radius 2 is 2.05 bits per heavy atom. The minimum absolute atomic E-state index is 0.0635. The van der Waals surface area contributed by atoms with Crippen molar-refractivity contribution in [2.24, 2.45) is 23.5 Å². The van der Waals surface area contributed by atoms with Gasteiger partial charge in [0.15, 0.2) is 0 Å². The van der Waals surface area contributed by atoms with Gasteiger partial charge in [-0.2, -0.15) is 0 Å². The second-order valence-corrected chi connectivity index (χ2v) is 6.71. The van der Waals surface area contributed by atoms with Crippen LogP contribution in [0.15, 0.2) is 30.3 Å². The Kier molecular flexibility index (Phi) is 3.55. The largest absolute Gasteiger partial charge is 0.354 e. The summed E-state index contributed by atoms with van der Waals surface area (Å²) in [7, 11) is 0. The minimum Gasteiger partial charge on any atom is -0.354 e. The van der Waals surface area contributed by atoms with Crippen molar-refractivity contribution in [2.75, 3.05) is 6.54 Å². The van der Waals surface area contributed by atoms with Gasteiger partial charge in [-0.15, -0.1) is 0 Å². The summed E-state index contributed by atoms with van der Waals surface area (Å²) in [5.74, 6) is 2.36. The van der Waals surface area contributed by atoms with Gasteiger partial charge in [0.1, 0.15) is 5.54 Å². The average Bonchev–Trinajstić information content (AvgIpc) is 3.08. The summed E-state index contributed by atoms with van der Waals surface area (Å²) in [6.45, 7) is 2.58. The number of nitrogens with two attached hydrogens (primary N) is 1. The topological polar surface area (TPSA) is 55.1 Å². The van der Waals surface area contributed by atoms with E-state index < -0.39 is 5.54 Å². The third-order valence-electron chi connectivity index (χ3n) is 5.25. The normalized spacial score (nSPS) is 31.0. The number of rotatable bonds is 4. The predicted octanol–water partition coefficient (Wildman–Crippen LogP) is 2.41. The zero-order valence-corrected chi connectivity index (χ0v) is 12.1. The Labute approximate surface area is 120 Å². The Hall–Kier alpha value is -1.35. The SMILES string of the molecule is CC(N)(C(=O)NCC1CC2CCC1C2)c1ccccc1. The lowest BCUT2D eigenvalue weighted by Crippen LogP contribution is -2.50. The van der Waals surface area contributed by atoms with E-state index in [2.05, 4.69) is 5.32 Å². The van der Waals surface area contributed by atoms with Crippen LogP contribution in [0.5, 0.6) is 0 Å². The average molecular weight is 272 g/mol. The number of hydrogen-bond donors (Lipinski definition) is 2. The van der Waals surface area contributed by atoms with E-state index in [-0.39, 0.29) is 5.91 Å². The molecular weight excluding hydrogens is 248 g/mol. The van der Waals surface area contributed by atoms with Crippen LogP contribution in [0.4, 0.5) is 0 Å². The third kappa shape index (κ3) is 2.47. The highest BCUT2D eigenvalue weighted by atomic mass is 16.2. The molecule has 0 spiro atoms. The molecule has 2 aliphatic carbocycles. The summed E-state index contributed by atoms with van der Waals surface area (Å²) < 4.78 is 0. The van der Waals surface area contributed by atoms with Crippen LogP contribution in [0.25, 0.3) is 0 Å². The summed E-state index contributed by atoms with van der Waals surface area (Å²) >= 11 is 0. The molecule has 2 aliphatic rings. The number of benzene rings is 1. The first-order valence-electron chi connectivity index (χ1n) is 7.70. The predicted molar refractivity (Wildman–Crippen MR) is 79.9 cm³/mol. The molecule has 1 aromatic rings. The van der Waals surface area contributed by atoms with E-state index in [1.807, 2.05) is 30.3 Å². The van der Waals surface area contributed by atoms with Crippen LogP contribution in [0.1, 0.15) is 38.2 Å². The van der Waals surface area contributed by atoms with Gasteiger partial charge < -0.3 is 11.1 Å². The molecule has 3 heteroatoms. The number of hydrogen-bond acceptors (Lipinski definition) is 2. The first-order valence-corrected chi connectivity index (χ1v) is 7.70. The van der Waals surface area contributed by atoms with Crippen LogP contribution in [0.2, 0.25) is 0 Å². The van der Waals surface area contributed by atoms with Crippen LogP contribution in [-0.2, 0) is 10.3 Å². The quantitative estimate of drug-likeness (QED) is 0.884. The number of amides is 1. The number of carbonyl (C=O) groups excluding carboxylic acids is 1. The van der Waals surface area contributed by atoms with Gasteiger partial charge in [0.05, 0.1) is 0 Å². The maximum atomic E-state index is 12.4. The molecule has 2 saturated carbocycles. The van der Waals surface area contributed by atoms with Gasteiger partial charge in [0.2, 0.25) is 5.91 Å². The van der Waals surface area contributed by atoms with Crippen LogP contribution >= 0.6 is 0 Å². The number of fused-ring (bicyclic) bond motifs is 2. The number of nitrogens with one attached hydrogen (secondary N) is 1. The molecule has 1 amide bonds. The smallest absolute Gasteiger partial charge is 0.244 e. The molecule has 2 bridgehead atoms. The zero-order chi connectivity index (χ0) is 14.2. The van der Waals surface area contributed by atoms with Crippen LogP contribution < -0.4 is 11.1 Å². The van der Waals surface area contributed by atoms with Gasteiger partial charge in [-0.1, -0.05) is 36.8 Å². The van der Waals surface area contributed by atoms with E-state index in [1.165, 1.54) is 25.7 Å². The van der Waals surface area contributed by atoms with Gasteiger partial charge in [-0.25, -0.2) is 0 Å². The molecule has 0 heterocycles. The second kappa shape index (κ2) is 5.21. The van der Waals surface area contributed by atoms with Crippen molar-refractivity contribution < 1.29 is 4.79 Å². The maximum Gasteiger partial charge on any atom is 0.244 e. The van der Waals surface area contributed by atoms with Crippen molar-refractivity contribution in [2.45, 2.75) is 38.1 Å². The minimum atomic E-state index is -0.946. The van der Waals surface area contributed by atoms with E-state index in [1.54, 1.807) is 6.92 Å². The fourth-order valence-corrected chi connectivity index (χ4v) is 3.95. The standard InChI is InChI=1S/C17H24N2O/c1-17(18,15-5-3-2-4-6-15)16(20)19-11-14-10-12-7-8-13(14)9-12/h2-6,12-14H,7-11,18H2,1H3,(H,19,20). The van der Waals surface area contributed by atoms with Gasteiger partial charge in [-0.3, -0.25) is 4.79 Å². The fourth-order valence-electron chi connectivity index (χ4n) is 3.95. The Balaban J connectivity index is 1.59. The van der Waals surface area contributed by atoms with Crippen molar-refractivity contribution in [1.29, 1.82) is 0 Å². The number of carbonyl (C=O) groups is 1. The molecule has 3 N–H and O–H groups in total. The molecule has 20 heavy (non-hydrogen) atoms. The lowest BCUT2D eigenvalue weighted by atomic mass is 9.88. The van der Waals surface area contributed by atoms with Gasteiger partial charge in [-0.05, 0) is 49.5 Å². The molecule has 3 nitrogen and oxygen atoms in total. The van der Waals surface area contributed by atoms with Crippen molar-refractivity contribution in [1.82, 2.24) is 5.32 Å². The van der Waals surface area contributed by atoms with Gasteiger partial charge in [0, 0.05) is 6.54 Å². The van der Waals surface area contributed by atoms with E-state index in [4.69, 9.17) is 5.73 Å². The summed E-state index contributed by atoms with van der Waals surface area (Å²) in [4.78, 5) is 12.4. The zero-order valence-electron chi connectivity index (χ0n) is 12.1. The van der Waals surface area contributed by atoms with E-state index >= 15 is 0 Å². The first kappa shape index (κ1) is 13.6. The monoisotopic (exact) mass is 272 g/mol. The van der Waals surface area contributed by atoms with Crippen LogP contribution in [-0.4, -0.2) is 12.5 Å². The first-order chi connectivity index (χ1) is 9.57. The molecule has 4 unspecified atom stereocenters. The van der Waals surface area contributed by atoms with Crippen molar-refractivity contribution in [3.63, 3.8) is 0 Å². The van der Waals surface area contributed by atoms with E-state index in [0.29, 0.717) is 5.92 Å². The molecule has 0 aromatic heterocycles. The van der Waals surface area contributed by atoms with Crippen molar-refractivity contribution >= 4 is 5.91 Å². The maximum absolute atomic E-state index is 12.4. The highest BCUT2D eigenvalue weighted by molar-refractivity contribution is 5.86. The van der Waals surface area contributed by atoms with Gasteiger partial charge in [0.25, 0.3) is 0 Å². The lowest BCUT2D eigenvalue weighted by Gasteiger charge is -2.27. The fraction of sp³-hybridized carbons (Fsp3) is 0.588. The molecule has 2 fully saturated rings. The molecule has 0 aliphatic heterocycles. The van der Waals surface area contributed by atoms with E-state index in [9.17, 15) is 4.79 Å². The van der Waals surface area contributed by atoms with Crippen LogP contribution in [0.3, 0.4) is 0 Å². The highest BCUT2D eigenvalue weighted by Gasteiger charge is 2.40. The van der Waals surface area contributed by atoms with Crippen molar-refractivity contribution in [3.8, 4) is 0 Å². The van der Waals surface area contributed by atoms with E-state index in [0.717, 1.165) is 23.9 Å². The Bertz CT molecular complexity index is 483. The van der Waals surface area contributed by atoms with Gasteiger partial charge >= 0.3 is 0 Å². The molecule has 0 saturated heterocycles. The molecule has 108 valence electrons. The highest BCUT2D eigenvalue weighted by Crippen LogP contribution is 2.47. The molecular formula is C17H24N2O. The summed E-state index contributed by atoms with van der Waals surface area (Å²) in [6.07, 6.45) is 5.41. The Morgan fingerprint density at radius 1 is 1.30 bits per heavy atom.